The average molecular weight is 347 g/mol. The van der Waals surface area contributed by atoms with Crippen LogP contribution in [0.1, 0.15) is 5.56 Å². The molecular weight excluding hydrogens is 338 g/mol. The molecule has 2 aromatic carbocycles. The summed E-state index contributed by atoms with van der Waals surface area (Å²) < 4.78 is 14.5. The minimum atomic E-state index is -0.683. The lowest BCUT2D eigenvalue weighted by molar-refractivity contribution is -0.396. The SMILES string of the molecule is O=[N+]([O-])c1ccc(S/N=C/c2ccc3c(c2)OCO3)c([N+](=O)[O-])c1. The lowest BCUT2D eigenvalue weighted by Gasteiger charge is -1.99. The normalized spacial score (nSPS) is 12.5. The van der Waals surface area contributed by atoms with Crippen LogP contribution in [0.3, 0.4) is 0 Å². The van der Waals surface area contributed by atoms with E-state index in [0.29, 0.717) is 11.5 Å². The molecule has 1 aliphatic heterocycles. The molecule has 3 rings (SSSR count). The van der Waals surface area contributed by atoms with Crippen molar-refractivity contribution in [2.45, 2.75) is 4.90 Å². The summed E-state index contributed by atoms with van der Waals surface area (Å²) in [6.45, 7) is 0.166. The molecular formula is C14H9N3O6S. The van der Waals surface area contributed by atoms with Gasteiger partial charge in [-0.3, -0.25) is 20.2 Å². The summed E-state index contributed by atoms with van der Waals surface area (Å²) >= 11 is 0.857. The van der Waals surface area contributed by atoms with Gasteiger partial charge in [0.1, 0.15) is 4.90 Å². The summed E-state index contributed by atoms with van der Waals surface area (Å²) in [5.41, 5.74) is 0.0270. The van der Waals surface area contributed by atoms with E-state index < -0.39 is 9.85 Å². The van der Waals surface area contributed by atoms with Crippen molar-refractivity contribution in [3.8, 4) is 11.5 Å². The van der Waals surface area contributed by atoms with Crippen molar-refractivity contribution in [3.63, 3.8) is 0 Å². The quantitative estimate of drug-likeness (QED) is 0.352. The van der Waals surface area contributed by atoms with E-state index in [4.69, 9.17) is 9.47 Å². The second-order valence-corrected chi connectivity index (χ2v) is 5.44. The molecule has 10 heteroatoms. The molecule has 0 saturated heterocycles. The molecule has 122 valence electrons. The summed E-state index contributed by atoms with van der Waals surface area (Å²) in [6, 6.07) is 8.66. The predicted molar refractivity (Wildman–Crippen MR) is 85.8 cm³/mol. The molecule has 2 aromatic rings. The highest BCUT2D eigenvalue weighted by atomic mass is 32.2. The van der Waals surface area contributed by atoms with Gasteiger partial charge in [-0.15, -0.1) is 0 Å². The Balaban J connectivity index is 1.78. The summed E-state index contributed by atoms with van der Waals surface area (Å²) in [5.74, 6) is 1.25. The Morgan fingerprint density at radius 2 is 1.83 bits per heavy atom. The molecule has 1 aliphatic rings. The van der Waals surface area contributed by atoms with E-state index in [1.807, 2.05) is 0 Å². The molecule has 0 saturated carbocycles. The molecule has 0 amide bonds. The molecule has 0 bridgehead atoms. The first-order valence-electron chi connectivity index (χ1n) is 6.57. The number of nitrogens with zero attached hydrogens (tertiary/aromatic N) is 3. The van der Waals surface area contributed by atoms with Gasteiger partial charge in [-0.1, -0.05) is 0 Å². The predicted octanol–water partition coefficient (Wildman–Crippen LogP) is 3.36. The van der Waals surface area contributed by atoms with Crippen molar-refractivity contribution < 1.29 is 19.3 Å². The second kappa shape index (κ2) is 6.54. The van der Waals surface area contributed by atoms with Gasteiger partial charge in [0.05, 0.1) is 15.9 Å². The fourth-order valence-electron chi connectivity index (χ4n) is 1.98. The van der Waals surface area contributed by atoms with E-state index in [-0.39, 0.29) is 23.1 Å². The van der Waals surface area contributed by atoms with Crippen LogP contribution in [-0.2, 0) is 0 Å². The second-order valence-electron chi connectivity index (χ2n) is 4.60. The third kappa shape index (κ3) is 3.27. The van der Waals surface area contributed by atoms with Crippen LogP contribution in [0.2, 0.25) is 0 Å². The van der Waals surface area contributed by atoms with Gasteiger partial charge in [-0.2, -0.15) is 0 Å². The number of rotatable bonds is 5. The van der Waals surface area contributed by atoms with Gasteiger partial charge < -0.3 is 9.47 Å². The number of fused-ring (bicyclic) bond motifs is 1. The van der Waals surface area contributed by atoms with E-state index in [1.165, 1.54) is 18.3 Å². The van der Waals surface area contributed by atoms with Gasteiger partial charge in [-0.25, -0.2) is 4.40 Å². The molecule has 0 aliphatic carbocycles. The Bertz CT molecular complexity index is 854. The van der Waals surface area contributed by atoms with E-state index >= 15 is 0 Å². The highest BCUT2D eigenvalue weighted by Gasteiger charge is 2.19. The first-order chi connectivity index (χ1) is 11.5. The van der Waals surface area contributed by atoms with E-state index in [2.05, 4.69) is 4.40 Å². The zero-order valence-electron chi connectivity index (χ0n) is 11.9. The van der Waals surface area contributed by atoms with Crippen molar-refractivity contribution in [1.82, 2.24) is 0 Å². The van der Waals surface area contributed by atoms with Crippen molar-refractivity contribution in [2.24, 2.45) is 4.40 Å². The Hall–Kier alpha value is -3.14. The van der Waals surface area contributed by atoms with Crippen molar-refractivity contribution in [2.75, 3.05) is 6.79 Å². The molecule has 9 nitrogen and oxygen atoms in total. The largest absolute Gasteiger partial charge is 0.454 e. The first kappa shape index (κ1) is 15.7. The van der Waals surface area contributed by atoms with Gasteiger partial charge in [-0.05, 0) is 29.8 Å². The Morgan fingerprint density at radius 1 is 1.04 bits per heavy atom. The summed E-state index contributed by atoms with van der Waals surface area (Å²) in [5, 5.41) is 21.7. The zero-order chi connectivity index (χ0) is 17.1. The lowest BCUT2D eigenvalue weighted by Crippen LogP contribution is -1.94. The van der Waals surface area contributed by atoms with E-state index in [0.717, 1.165) is 23.6 Å². The maximum Gasteiger partial charge on any atom is 0.291 e. The van der Waals surface area contributed by atoms with Gasteiger partial charge in [0.15, 0.2) is 11.5 Å². The van der Waals surface area contributed by atoms with Gasteiger partial charge in [0.2, 0.25) is 6.79 Å². The molecule has 0 spiro atoms. The molecule has 24 heavy (non-hydrogen) atoms. The minimum absolute atomic E-state index is 0.166. The minimum Gasteiger partial charge on any atom is -0.454 e. The molecule has 0 aromatic heterocycles. The van der Waals surface area contributed by atoms with Crippen LogP contribution in [0.4, 0.5) is 11.4 Å². The number of benzene rings is 2. The summed E-state index contributed by atoms with van der Waals surface area (Å²) in [7, 11) is 0. The lowest BCUT2D eigenvalue weighted by atomic mass is 10.2. The molecule has 0 fully saturated rings. The zero-order valence-corrected chi connectivity index (χ0v) is 12.8. The molecule has 0 atom stereocenters. The molecule has 0 N–H and O–H groups in total. The van der Waals surface area contributed by atoms with E-state index in [1.54, 1.807) is 18.2 Å². The maximum absolute atomic E-state index is 11.0. The van der Waals surface area contributed by atoms with Gasteiger partial charge >= 0.3 is 0 Å². The Labute approximate surface area is 139 Å². The van der Waals surface area contributed by atoms with E-state index in [9.17, 15) is 20.2 Å². The van der Waals surface area contributed by atoms with Gasteiger partial charge in [0.25, 0.3) is 11.4 Å². The Kier molecular flexibility index (Phi) is 4.29. The van der Waals surface area contributed by atoms with Crippen LogP contribution in [0.25, 0.3) is 0 Å². The maximum atomic E-state index is 11.0. The number of nitro benzene ring substituents is 2. The van der Waals surface area contributed by atoms with Crippen LogP contribution >= 0.6 is 11.9 Å². The molecule has 0 radical (unpaired) electrons. The van der Waals surface area contributed by atoms with Crippen LogP contribution in [0.5, 0.6) is 11.5 Å². The molecule has 0 unspecified atom stereocenters. The standard InChI is InChI=1S/C14H9N3O6S/c18-16(19)10-2-4-14(11(6-10)17(20)21)24-15-7-9-1-3-12-13(5-9)23-8-22-12/h1-7H,8H2/b15-7+. The third-order valence-corrected chi connectivity index (χ3v) is 3.85. The smallest absolute Gasteiger partial charge is 0.291 e. The van der Waals surface area contributed by atoms with Crippen molar-refractivity contribution in [3.05, 3.63) is 62.2 Å². The van der Waals surface area contributed by atoms with Crippen LogP contribution < -0.4 is 9.47 Å². The number of non-ortho nitro benzene ring substituents is 1. The summed E-state index contributed by atoms with van der Waals surface area (Å²) in [6.07, 6.45) is 1.51. The average Bonchev–Trinajstić information content (AvgIpc) is 3.02. The number of nitro groups is 2. The van der Waals surface area contributed by atoms with Crippen LogP contribution in [0.15, 0.2) is 45.7 Å². The van der Waals surface area contributed by atoms with Crippen LogP contribution in [0, 0.1) is 20.2 Å². The number of ether oxygens (including phenoxy) is 2. The Morgan fingerprint density at radius 3 is 2.58 bits per heavy atom. The molecule has 1 heterocycles. The highest BCUT2D eigenvalue weighted by molar-refractivity contribution is 7.98. The van der Waals surface area contributed by atoms with Crippen molar-refractivity contribution in [1.29, 1.82) is 0 Å². The first-order valence-corrected chi connectivity index (χ1v) is 7.35. The number of hydrogen-bond acceptors (Lipinski definition) is 8. The monoisotopic (exact) mass is 347 g/mol. The topological polar surface area (TPSA) is 117 Å². The number of hydrogen-bond donors (Lipinski definition) is 0. The fourth-order valence-corrected chi connectivity index (χ4v) is 2.62. The van der Waals surface area contributed by atoms with Crippen LogP contribution in [-0.4, -0.2) is 22.9 Å². The van der Waals surface area contributed by atoms with Crippen molar-refractivity contribution >= 4 is 29.5 Å². The highest BCUT2D eigenvalue weighted by Crippen LogP contribution is 2.34. The third-order valence-electron chi connectivity index (χ3n) is 3.10. The fraction of sp³-hybridized carbons (Fsp3) is 0.0714. The van der Waals surface area contributed by atoms with Gasteiger partial charge in [0, 0.05) is 24.2 Å². The summed E-state index contributed by atoms with van der Waals surface area (Å²) in [4.78, 5) is 20.6.